The van der Waals surface area contributed by atoms with Crippen molar-refractivity contribution in [3.63, 3.8) is 0 Å². The van der Waals surface area contributed by atoms with Crippen molar-refractivity contribution in [2.45, 2.75) is 13.8 Å². The molecule has 1 aliphatic heterocycles. The smallest absolute Gasteiger partial charge is 0.289 e. The molecular weight excluding hydrogens is 368 g/mol. The van der Waals surface area contributed by atoms with E-state index in [1.54, 1.807) is 24.0 Å². The molecule has 6 nitrogen and oxygen atoms in total. The number of amides is 1. The highest BCUT2D eigenvalue weighted by molar-refractivity contribution is 5.94. The molecule has 4 rings (SSSR count). The van der Waals surface area contributed by atoms with Gasteiger partial charge in [-0.2, -0.15) is 0 Å². The fourth-order valence-corrected chi connectivity index (χ4v) is 3.61. The summed E-state index contributed by atoms with van der Waals surface area (Å²) in [5.74, 6) is -0.152. The number of nitrogens with zero attached hydrogens (tertiary/aromatic N) is 2. The maximum atomic E-state index is 12.9. The first-order chi connectivity index (χ1) is 13.9. The van der Waals surface area contributed by atoms with Crippen LogP contribution in [0, 0.1) is 6.92 Å². The summed E-state index contributed by atoms with van der Waals surface area (Å²) in [6.45, 7) is 5.85. The summed E-state index contributed by atoms with van der Waals surface area (Å²) >= 11 is 0. The highest BCUT2D eigenvalue weighted by atomic mass is 16.3. The molecule has 1 amide bonds. The number of carbonyl (C=O) groups excluding carboxylic acids is 2. The Hall–Kier alpha value is -3.41. The van der Waals surface area contributed by atoms with E-state index in [2.05, 4.69) is 4.90 Å². The fourth-order valence-electron chi connectivity index (χ4n) is 3.61. The first-order valence-corrected chi connectivity index (χ1v) is 9.62. The van der Waals surface area contributed by atoms with E-state index in [1.807, 2.05) is 37.3 Å². The molecule has 0 aliphatic carbocycles. The summed E-state index contributed by atoms with van der Waals surface area (Å²) in [7, 11) is 0. The minimum Gasteiger partial charge on any atom is -0.451 e. The maximum absolute atomic E-state index is 12.9. The van der Waals surface area contributed by atoms with Gasteiger partial charge in [0.2, 0.25) is 0 Å². The largest absolute Gasteiger partial charge is 0.451 e. The second-order valence-corrected chi connectivity index (χ2v) is 7.36. The van der Waals surface area contributed by atoms with Gasteiger partial charge in [0.05, 0.1) is 5.39 Å². The van der Waals surface area contributed by atoms with Gasteiger partial charge < -0.3 is 14.2 Å². The van der Waals surface area contributed by atoms with Crippen molar-refractivity contribution in [1.82, 2.24) is 4.90 Å². The molecular formula is C23H22N2O4. The Morgan fingerprint density at radius 2 is 1.62 bits per heavy atom. The Labute approximate surface area is 168 Å². The SMILES string of the molecule is CC(=O)c1ccc(N2CCN(C(=O)c3cc(=O)c4cc(C)ccc4o3)CC2)cc1. The van der Waals surface area contributed by atoms with Gasteiger partial charge in [0.25, 0.3) is 5.91 Å². The molecule has 29 heavy (non-hydrogen) atoms. The van der Waals surface area contributed by atoms with Gasteiger partial charge in [-0.05, 0) is 50.2 Å². The number of piperazine rings is 1. The Morgan fingerprint density at radius 1 is 0.931 bits per heavy atom. The second-order valence-electron chi connectivity index (χ2n) is 7.36. The van der Waals surface area contributed by atoms with Crippen molar-refractivity contribution in [1.29, 1.82) is 0 Å². The number of aryl methyl sites for hydroxylation is 1. The van der Waals surface area contributed by atoms with Crippen LogP contribution in [0.25, 0.3) is 11.0 Å². The van der Waals surface area contributed by atoms with Crippen molar-refractivity contribution in [2.75, 3.05) is 31.1 Å². The third-order valence-electron chi connectivity index (χ3n) is 5.30. The van der Waals surface area contributed by atoms with E-state index in [1.165, 1.54) is 6.07 Å². The monoisotopic (exact) mass is 390 g/mol. The maximum Gasteiger partial charge on any atom is 0.289 e. The summed E-state index contributed by atoms with van der Waals surface area (Å²) < 4.78 is 5.72. The minimum atomic E-state index is -0.267. The number of rotatable bonds is 3. The number of Topliss-reactive ketones (excluding diaryl/α,β-unsaturated/α-hetero) is 1. The van der Waals surface area contributed by atoms with Crippen molar-refractivity contribution >= 4 is 28.3 Å². The van der Waals surface area contributed by atoms with Gasteiger partial charge in [-0.25, -0.2) is 0 Å². The third-order valence-corrected chi connectivity index (χ3v) is 5.30. The van der Waals surface area contributed by atoms with E-state index in [9.17, 15) is 14.4 Å². The minimum absolute atomic E-state index is 0.0407. The van der Waals surface area contributed by atoms with Crippen molar-refractivity contribution in [3.8, 4) is 0 Å². The van der Waals surface area contributed by atoms with Crippen LogP contribution in [0.15, 0.2) is 57.7 Å². The normalized spacial score (nSPS) is 14.3. The van der Waals surface area contributed by atoms with Crippen LogP contribution < -0.4 is 10.3 Å². The molecule has 0 saturated carbocycles. The molecule has 1 saturated heterocycles. The first kappa shape index (κ1) is 18.9. The quantitative estimate of drug-likeness (QED) is 0.642. The Balaban J connectivity index is 1.47. The van der Waals surface area contributed by atoms with Crippen LogP contribution >= 0.6 is 0 Å². The molecule has 148 valence electrons. The molecule has 0 radical (unpaired) electrons. The number of carbonyl (C=O) groups is 2. The Kier molecular flexibility index (Phi) is 4.92. The lowest BCUT2D eigenvalue weighted by Gasteiger charge is -2.35. The highest BCUT2D eigenvalue weighted by Crippen LogP contribution is 2.20. The molecule has 0 atom stereocenters. The predicted molar refractivity (Wildman–Crippen MR) is 112 cm³/mol. The van der Waals surface area contributed by atoms with Crippen LogP contribution in [-0.4, -0.2) is 42.8 Å². The molecule has 0 N–H and O–H groups in total. The van der Waals surface area contributed by atoms with Gasteiger partial charge in [-0.3, -0.25) is 14.4 Å². The number of benzene rings is 2. The third kappa shape index (κ3) is 3.78. The van der Waals surface area contributed by atoms with Crippen LogP contribution in [0.2, 0.25) is 0 Å². The van der Waals surface area contributed by atoms with E-state index >= 15 is 0 Å². The fraction of sp³-hybridized carbons (Fsp3) is 0.261. The predicted octanol–water partition coefficient (Wildman–Crippen LogP) is 3.27. The Morgan fingerprint density at radius 3 is 2.28 bits per heavy atom. The van der Waals surface area contributed by atoms with E-state index in [-0.39, 0.29) is 22.9 Å². The lowest BCUT2D eigenvalue weighted by Crippen LogP contribution is -2.48. The number of ketones is 1. The molecule has 1 aromatic heterocycles. The van der Waals surface area contributed by atoms with Crippen LogP contribution in [0.3, 0.4) is 0 Å². The highest BCUT2D eigenvalue weighted by Gasteiger charge is 2.24. The molecule has 1 fully saturated rings. The summed E-state index contributed by atoms with van der Waals surface area (Å²) in [6, 6.07) is 14.1. The lowest BCUT2D eigenvalue weighted by molar-refractivity contribution is 0.0715. The van der Waals surface area contributed by atoms with E-state index < -0.39 is 0 Å². The summed E-state index contributed by atoms with van der Waals surface area (Å²) in [4.78, 5) is 40.6. The molecule has 6 heteroatoms. The lowest BCUT2D eigenvalue weighted by atomic mass is 10.1. The molecule has 2 heterocycles. The zero-order valence-corrected chi connectivity index (χ0v) is 16.5. The van der Waals surface area contributed by atoms with Gasteiger partial charge in [-0.15, -0.1) is 0 Å². The topological polar surface area (TPSA) is 70.8 Å². The number of fused-ring (bicyclic) bond motifs is 1. The van der Waals surface area contributed by atoms with Crippen LogP contribution in [0.4, 0.5) is 5.69 Å². The second kappa shape index (κ2) is 7.54. The van der Waals surface area contributed by atoms with Crippen LogP contribution in [0.1, 0.15) is 33.4 Å². The number of hydrogen-bond acceptors (Lipinski definition) is 5. The van der Waals surface area contributed by atoms with Crippen LogP contribution in [0.5, 0.6) is 0 Å². The van der Waals surface area contributed by atoms with Crippen molar-refractivity contribution in [2.24, 2.45) is 0 Å². The number of anilines is 1. The molecule has 3 aromatic rings. The average molecular weight is 390 g/mol. The summed E-state index contributed by atoms with van der Waals surface area (Å²) in [5, 5.41) is 0.486. The molecule has 0 bridgehead atoms. The molecule has 0 unspecified atom stereocenters. The zero-order chi connectivity index (χ0) is 20.5. The summed E-state index contributed by atoms with van der Waals surface area (Å²) in [6.07, 6.45) is 0. The van der Waals surface area contributed by atoms with Crippen LogP contribution in [-0.2, 0) is 0 Å². The van der Waals surface area contributed by atoms with Gasteiger partial charge in [0.15, 0.2) is 17.0 Å². The van der Waals surface area contributed by atoms with Gasteiger partial charge in [0, 0.05) is 43.5 Å². The first-order valence-electron chi connectivity index (χ1n) is 9.62. The molecule has 0 spiro atoms. The Bertz CT molecular complexity index is 1140. The van der Waals surface area contributed by atoms with E-state index in [4.69, 9.17) is 4.42 Å². The van der Waals surface area contributed by atoms with Crippen molar-refractivity contribution < 1.29 is 14.0 Å². The van der Waals surface area contributed by atoms with Gasteiger partial charge in [0.1, 0.15) is 5.58 Å². The molecule has 2 aromatic carbocycles. The average Bonchev–Trinajstić information content (AvgIpc) is 2.74. The van der Waals surface area contributed by atoms with Crippen molar-refractivity contribution in [3.05, 3.63) is 75.6 Å². The zero-order valence-electron chi connectivity index (χ0n) is 16.5. The van der Waals surface area contributed by atoms with E-state index in [0.717, 1.165) is 11.3 Å². The van der Waals surface area contributed by atoms with E-state index in [0.29, 0.717) is 42.7 Å². The van der Waals surface area contributed by atoms with Gasteiger partial charge in [-0.1, -0.05) is 11.6 Å². The number of hydrogen-bond donors (Lipinski definition) is 0. The standard InChI is InChI=1S/C23H22N2O4/c1-15-3-8-21-19(13-15)20(27)14-22(29-21)23(28)25-11-9-24(10-12-25)18-6-4-17(5-7-18)16(2)26/h3-8,13-14H,9-12H2,1-2H3. The summed E-state index contributed by atoms with van der Waals surface area (Å²) in [5.41, 5.74) is 2.90. The molecule has 1 aliphatic rings. The van der Waals surface area contributed by atoms with Gasteiger partial charge >= 0.3 is 0 Å².